The van der Waals surface area contributed by atoms with E-state index in [9.17, 15) is 22.6 Å². The molecule has 0 fully saturated rings. The van der Waals surface area contributed by atoms with Gasteiger partial charge in [0.1, 0.15) is 19.0 Å². The molecule has 37 heavy (non-hydrogen) atoms. The summed E-state index contributed by atoms with van der Waals surface area (Å²) < 4.78 is 47.8. The molecule has 0 saturated heterocycles. The van der Waals surface area contributed by atoms with Gasteiger partial charge in [-0.05, 0) is 18.4 Å². The van der Waals surface area contributed by atoms with E-state index >= 15 is 0 Å². The molecule has 11 heteroatoms. The molecule has 1 heterocycles. The number of esters is 2. The Labute approximate surface area is 220 Å². The fraction of sp³-hybridized carbons (Fsp3) is 0.577. The van der Waals surface area contributed by atoms with Crippen LogP contribution >= 0.6 is 0 Å². The molecular formula is C26H40N2O8S. The predicted molar refractivity (Wildman–Crippen MR) is 136 cm³/mol. The quantitative estimate of drug-likeness (QED) is 0.0786. The van der Waals surface area contributed by atoms with Crippen molar-refractivity contribution >= 4 is 22.3 Å². The molecular weight excluding hydrogens is 500 g/mol. The Kier molecular flexibility index (Phi) is 16.1. The molecule has 1 aromatic heterocycles. The molecule has 0 amide bonds. The Morgan fingerprint density at radius 1 is 0.919 bits per heavy atom. The SMILES string of the molecule is CCCCCCCCOS(=O)(=O)[O-].CCCCOC(=O)[C@H](C(=O)OCc1ccccc1)n1cc[n+](C)c1. The maximum absolute atomic E-state index is 12.4. The van der Waals surface area contributed by atoms with Crippen LogP contribution in [0, 0.1) is 0 Å². The van der Waals surface area contributed by atoms with E-state index in [0.717, 1.165) is 31.2 Å². The van der Waals surface area contributed by atoms with E-state index in [2.05, 4.69) is 11.1 Å². The van der Waals surface area contributed by atoms with Gasteiger partial charge in [0, 0.05) is 0 Å². The average molecular weight is 541 g/mol. The number of nitrogens with zero attached hydrogens (tertiary/aromatic N) is 2. The van der Waals surface area contributed by atoms with E-state index in [1.54, 1.807) is 23.3 Å². The molecule has 0 aliphatic rings. The van der Waals surface area contributed by atoms with Crippen LogP contribution in [0.25, 0.3) is 0 Å². The first-order chi connectivity index (χ1) is 17.7. The van der Waals surface area contributed by atoms with Crippen LogP contribution in [-0.2, 0) is 47.3 Å². The minimum Gasteiger partial charge on any atom is -0.726 e. The molecule has 0 radical (unpaired) electrons. The maximum atomic E-state index is 12.4. The molecule has 208 valence electrons. The molecule has 0 spiro atoms. The van der Waals surface area contributed by atoms with Crippen molar-refractivity contribution in [2.75, 3.05) is 13.2 Å². The molecule has 0 aliphatic carbocycles. The van der Waals surface area contributed by atoms with Gasteiger partial charge in [0.25, 0.3) is 6.04 Å². The number of benzene rings is 1. The first-order valence-electron chi connectivity index (χ1n) is 12.7. The van der Waals surface area contributed by atoms with Gasteiger partial charge in [-0.3, -0.25) is 4.18 Å². The summed E-state index contributed by atoms with van der Waals surface area (Å²) in [7, 11) is -2.66. The summed E-state index contributed by atoms with van der Waals surface area (Å²) in [6, 6.07) is 8.21. The lowest BCUT2D eigenvalue weighted by molar-refractivity contribution is -0.671. The number of imidazole rings is 1. The van der Waals surface area contributed by atoms with Gasteiger partial charge in [0.15, 0.2) is 0 Å². The lowest BCUT2D eigenvalue weighted by Gasteiger charge is -2.13. The summed E-state index contributed by atoms with van der Waals surface area (Å²) in [6.07, 6.45) is 12.9. The second-order valence-corrected chi connectivity index (χ2v) is 9.59. The molecule has 0 saturated carbocycles. The second-order valence-electron chi connectivity index (χ2n) is 8.54. The highest BCUT2D eigenvalue weighted by atomic mass is 32.3. The third kappa shape index (κ3) is 15.2. The number of ether oxygens (including phenoxy) is 2. The fourth-order valence-corrected chi connectivity index (χ4v) is 3.53. The monoisotopic (exact) mass is 540 g/mol. The lowest BCUT2D eigenvalue weighted by Crippen LogP contribution is -2.32. The van der Waals surface area contributed by atoms with Gasteiger partial charge in [-0.25, -0.2) is 27.1 Å². The van der Waals surface area contributed by atoms with Crippen LogP contribution < -0.4 is 4.57 Å². The Hall–Kier alpha value is -2.76. The van der Waals surface area contributed by atoms with Crippen LogP contribution in [0.5, 0.6) is 0 Å². The summed E-state index contributed by atoms with van der Waals surface area (Å²) in [5, 5.41) is 0. The highest BCUT2D eigenvalue weighted by Gasteiger charge is 2.36. The Morgan fingerprint density at radius 3 is 2.14 bits per heavy atom. The smallest absolute Gasteiger partial charge is 0.364 e. The molecule has 2 rings (SSSR count). The van der Waals surface area contributed by atoms with E-state index in [1.807, 2.05) is 44.3 Å². The van der Waals surface area contributed by atoms with Crippen LogP contribution in [0.2, 0.25) is 0 Å². The molecule has 0 aliphatic heterocycles. The molecule has 0 bridgehead atoms. The van der Waals surface area contributed by atoms with Gasteiger partial charge < -0.3 is 14.0 Å². The van der Waals surface area contributed by atoms with Gasteiger partial charge in [-0.1, -0.05) is 82.7 Å². The maximum Gasteiger partial charge on any atom is 0.364 e. The highest BCUT2D eigenvalue weighted by molar-refractivity contribution is 7.80. The van der Waals surface area contributed by atoms with Crippen LogP contribution in [-0.4, -0.2) is 42.7 Å². The lowest BCUT2D eigenvalue weighted by atomic mass is 10.1. The summed E-state index contributed by atoms with van der Waals surface area (Å²) in [6.45, 7) is 4.58. The van der Waals surface area contributed by atoms with Gasteiger partial charge in [0.2, 0.25) is 16.7 Å². The molecule has 2 aromatic rings. The Balaban J connectivity index is 0.000000448. The van der Waals surface area contributed by atoms with Crippen LogP contribution in [0.15, 0.2) is 49.1 Å². The normalized spacial score (nSPS) is 11.8. The van der Waals surface area contributed by atoms with Crippen molar-refractivity contribution in [3.63, 3.8) is 0 Å². The van der Waals surface area contributed by atoms with Crippen molar-refractivity contribution in [2.24, 2.45) is 7.05 Å². The zero-order chi connectivity index (χ0) is 27.5. The summed E-state index contributed by atoms with van der Waals surface area (Å²) >= 11 is 0. The van der Waals surface area contributed by atoms with Crippen molar-refractivity contribution in [2.45, 2.75) is 77.9 Å². The third-order valence-electron chi connectivity index (χ3n) is 5.23. The van der Waals surface area contributed by atoms with E-state index in [0.29, 0.717) is 13.0 Å². The zero-order valence-corrected chi connectivity index (χ0v) is 22.9. The molecule has 10 nitrogen and oxygen atoms in total. The molecule has 0 unspecified atom stereocenters. The Bertz CT molecular complexity index is 1010. The molecule has 1 atom stereocenters. The van der Waals surface area contributed by atoms with Crippen molar-refractivity contribution in [1.29, 1.82) is 0 Å². The number of carbonyl (C=O) groups is 2. The van der Waals surface area contributed by atoms with Crippen molar-refractivity contribution in [3.8, 4) is 0 Å². The highest BCUT2D eigenvalue weighted by Crippen LogP contribution is 2.13. The molecule has 0 N–H and O–H groups in total. The summed E-state index contributed by atoms with van der Waals surface area (Å²) in [4.78, 5) is 24.8. The average Bonchev–Trinajstić information content (AvgIpc) is 3.28. The summed E-state index contributed by atoms with van der Waals surface area (Å²) in [5.41, 5.74) is 0.863. The first-order valence-corrected chi connectivity index (χ1v) is 14.0. The molecule has 1 aromatic carbocycles. The number of hydrogen-bond acceptors (Lipinski definition) is 8. The minimum atomic E-state index is -4.47. The number of hydrogen-bond donors (Lipinski definition) is 0. The number of rotatable bonds is 16. The number of carbonyl (C=O) groups excluding carboxylic acids is 2. The number of unbranched alkanes of at least 4 members (excludes halogenated alkanes) is 6. The van der Waals surface area contributed by atoms with Crippen molar-refractivity contribution in [3.05, 3.63) is 54.6 Å². The van der Waals surface area contributed by atoms with Crippen LogP contribution in [0.4, 0.5) is 0 Å². The Morgan fingerprint density at radius 2 is 1.54 bits per heavy atom. The standard InChI is InChI=1S/C18H23N2O4.C8H18O4S/c1-3-4-12-23-17(21)16(20-11-10-19(2)14-20)18(22)24-13-15-8-6-5-7-9-15;1-2-3-4-5-6-7-8-12-13(9,10)11/h5-11,14,16H,3-4,12-13H2,1-2H3;2-8H2,1H3,(H,9,10,11)/q+1;/p-1/t16-;/m1./s1. The zero-order valence-electron chi connectivity index (χ0n) is 22.0. The largest absolute Gasteiger partial charge is 0.726 e. The van der Waals surface area contributed by atoms with Crippen LogP contribution in [0.1, 0.15) is 76.8 Å². The van der Waals surface area contributed by atoms with E-state index in [-0.39, 0.29) is 13.2 Å². The van der Waals surface area contributed by atoms with Crippen LogP contribution in [0.3, 0.4) is 0 Å². The van der Waals surface area contributed by atoms with E-state index in [1.165, 1.54) is 23.8 Å². The van der Waals surface area contributed by atoms with Gasteiger partial charge >= 0.3 is 11.9 Å². The second kappa shape index (κ2) is 18.5. The minimum absolute atomic E-state index is 0.0258. The van der Waals surface area contributed by atoms with Gasteiger partial charge in [-0.15, -0.1) is 0 Å². The van der Waals surface area contributed by atoms with Crippen molar-refractivity contribution in [1.82, 2.24) is 4.57 Å². The van der Waals surface area contributed by atoms with Gasteiger partial charge in [0.05, 0.1) is 20.3 Å². The van der Waals surface area contributed by atoms with Gasteiger partial charge in [-0.2, -0.15) is 0 Å². The topological polar surface area (TPSA) is 128 Å². The predicted octanol–water partition coefficient (Wildman–Crippen LogP) is 3.76. The van der Waals surface area contributed by atoms with E-state index < -0.39 is 28.4 Å². The summed E-state index contributed by atoms with van der Waals surface area (Å²) in [5.74, 6) is -1.23. The van der Waals surface area contributed by atoms with E-state index in [4.69, 9.17) is 9.47 Å². The van der Waals surface area contributed by atoms with Crippen molar-refractivity contribution < 1.29 is 40.8 Å². The fourth-order valence-electron chi connectivity index (χ4n) is 3.21. The number of aromatic nitrogens is 2. The first kappa shape index (κ1) is 32.3. The third-order valence-corrected chi connectivity index (χ3v) is 5.68. The number of aryl methyl sites for hydroxylation is 1.